The SMILES string of the molecule is CCCC(C(=O)OCC(C)N1CCCC1(C)C)C1CCCC1. The minimum Gasteiger partial charge on any atom is -0.464 e. The van der Waals surface area contributed by atoms with E-state index in [0.717, 1.165) is 19.4 Å². The average molecular weight is 309 g/mol. The van der Waals surface area contributed by atoms with Crippen molar-refractivity contribution in [2.75, 3.05) is 13.2 Å². The maximum atomic E-state index is 12.6. The van der Waals surface area contributed by atoms with Gasteiger partial charge < -0.3 is 4.74 Å². The summed E-state index contributed by atoms with van der Waals surface area (Å²) in [5, 5.41) is 0. The molecule has 2 aliphatic rings. The van der Waals surface area contributed by atoms with Gasteiger partial charge in [0, 0.05) is 11.6 Å². The molecule has 0 N–H and O–H groups in total. The van der Waals surface area contributed by atoms with Gasteiger partial charge in [0.1, 0.15) is 6.61 Å². The summed E-state index contributed by atoms with van der Waals surface area (Å²) >= 11 is 0. The van der Waals surface area contributed by atoms with Crippen LogP contribution in [0.15, 0.2) is 0 Å². The zero-order valence-corrected chi connectivity index (χ0v) is 15.1. The second kappa shape index (κ2) is 7.81. The molecule has 2 rings (SSSR count). The summed E-state index contributed by atoms with van der Waals surface area (Å²) in [5.41, 5.74) is 0.250. The van der Waals surface area contributed by atoms with Crippen LogP contribution in [0.4, 0.5) is 0 Å². The van der Waals surface area contributed by atoms with Crippen molar-refractivity contribution in [1.29, 1.82) is 0 Å². The Morgan fingerprint density at radius 3 is 2.50 bits per heavy atom. The van der Waals surface area contributed by atoms with Gasteiger partial charge in [0.25, 0.3) is 0 Å². The fourth-order valence-corrected chi connectivity index (χ4v) is 4.56. The van der Waals surface area contributed by atoms with Gasteiger partial charge in [-0.25, -0.2) is 0 Å². The van der Waals surface area contributed by atoms with Gasteiger partial charge >= 0.3 is 5.97 Å². The first-order valence-electron chi connectivity index (χ1n) is 9.39. The molecular formula is C19H35NO2. The van der Waals surface area contributed by atoms with Crippen molar-refractivity contribution in [2.45, 2.75) is 90.6 Å². The molecule has 2 atom stereocenters. The molecule has 22 heavy (non-hydrogen) atoms. The summed E-state index contributed by atoms with van der Waals surface area (Å²) in [6.45, 7) is 10.7. The van der Waals surface area contributed by atoms with Gasteiger partial charge in [-0.3, -0.25) is 9.69 Å². The van der Waals surface area contributed by atoms with Crippen LogP contribution >= 0.6 is 0 Å². The third-order valence-corrected chi connectivity index (χ3v) is 5.84. The van der Waals surface area contributed by atoms with Crippen LogP contribution in [-0.4, -0.2) is 35.6 Å². The molecule has 0 aromatic rings. The van der Waals surface area contributed by atoms with E-state index < -0.39 is 0 Å². The maximum Gasteiger partial charge on any atom is 0.309 e. The topological polar surface area (TPSA) is 29.5 Å². The van der Waals surface area contributed by atoms with Crippen molar-refractivity contribution in [3.63, 3.8) is 0 Å². The molecule has 1 saturated carbocycles. The fourth-order valence-electron chi connectivity index (χ4n) is 4.56. The number of nitrogens with zero attached hydrogens (tertiary/aromatic N) is 1. The highest BCUT2D eigenvalue weighted by Gasteiger charge is 2.36. The molecule has 0 spiro atoms. The van der Waals surface area contributed by atoms with E-state index in [-0.39, 0.29) is 17.4 Å². The van der Waals surface area contributed by atoms with Gasteiger partial charge in [-0.15, -0.1) is 0 Å². The van der Waals surface area contributed by atoms with Crippen LogP contribution in [0, 0.1) is 11.8 Å². The second-order valence-electron chi connectivity index (χ2n) is 8.03. The minimum absolute atomic E-state index is 0.0672. The number of carbonyl (C=O) groups excluding carboxylic acids is 1. The first kappa shape index (κ1) is 17.8. The standard InChI is InChI=1S/C19H35NO2/c1-5-9-17(16-10-6-7-11-16)18(21)22-14-15(2)20-13-8-12-19(20,3)4/h15-17H,5-14H2,1-4H3. The molecule has 1 aliphatic heterocycles. The number of ether oxygens (including phenoxy) is 1. The lowest BCUT2D eigenvalue weighted by atomic mass is 9.87. The Balaban J connectivity index is 1.84. The number of hydrogen-bond donors (Lipinski definition) is 0. The Morgan fingerprint density at radius 1 is 1.27 bits per heavy atom. The monoisotopic (exact) mass is 309 g/mol. The maximum absolute atomic E-state index is 12.6. The second-order valence-corrected chi connectivity index (χ2v) is 8.03. The highest BCUT2D eigenvalue weighted by Crippen LogP contribution is 2.35. The van der Waals surface area contributed by atoms with Crippen LogP contribution in [0.3, 0.4) is 0 Å². The highest BCUT2D eigenvalue weighted by atomic mass is 16.5. The van der Waals surface area contributed by atoms with E-state index in [9.17, 15) is 4.79 Å². The van der Waals surface area contributed by atoms with E-state index in [2.05, 4.69) is 32.6 Å². The molecule has 0 radical (unpaired) electrons. The Bertz CT molecular complexity index is 360. The van der Waals surface area contributed by atoms with Gasteiger partial charge in [-0.2, -0.15) is 0 Å². The summed E-state index contributed by atoms with van der Waals surface area (Å²) in [4.78, 5) is 15.1. The quantitative estimate of drug-likeness (QED) is 0.653. The Labute approximate surface area is 136 Å². The van der Waals surface area contributed by atoms with Crippen LogP contribution in [-0.2, 0) is 9.53 Å². The molecule has 0 amide bonds. The molecule has 3 heteroatoms. The first-order chi connectivity index (χ1) is 10.5. The van der Waals surface area contributed by atoms with Crippen LogP contribution < -0.4 is 0 Å². The third-order valence-electron chi connectivity index (χ3n) is 5.84. The molecule has 0 bridgehead atoms. The van der Waals surface area contributed by atoms with Gasteiger partial charge in [0.05, 0.1) is 5.92 Å². The van der Waals surface area contributed by atoms with Gasteiger partial charge in [0.2, 0.25) is 0 Å². The minimum atomic E-state index is 0.0672. The van der Waals surface area contributed by atoms with Crippen LogP contribution in [0.25, 0.3) is 0 Å². The lowest BCUT2D eigenvalue weighted by Crippen LogP contribution is -2.46. The number of hydrogen-bond acceptors (Lipinski definition) is 3. The van der Waals surface area contributed by atoms with Crippen molar-refractivity contribution in [2.24, 2.45) is 11.8 Å². The molecule has 3 nitrogen and oxygen atoms in total. The van der Waals surface area contributed by atoms with E-state index in [1.54, 1.807) is 0 Å². The number of carbonyl (C=O) groups is 1. The fraction of sp³-hybridized carbons (Fsp3) is 0.947. The van der Waals surface area contributed by atoms with Crippen molar-refractivity contribution in [3.05, 3.63) is 0 Å². The molecule has 1 saturated heterocycles. The van der Waals surface area contributed by atoms with E-state index in [1.807, 2.05) is 0 Å². The summed E-state index contributed by atoms with van der Waals surface area (Å²) in [5.74, 6) is 0.787. The Kier molecular flexibility index (Phi) is 6.31. The predicted molar refractivity (Wildman–Crippen MR) is 90.8 cm³/mol. The van der Waals surface area contributed by atoms with Gasteiger partial charge in [-0.05, 0) is 65.3 Å². The molecule has 128 valence electrons. The summed E-state index contributed by atoms with van der Waals surface area (Å²) in [7, 11) is 0. The molecule has 0 aromatic heterocycles. The molecule has 0 aromatic carbocycles. The molecule has 1 aliphatic carbocycles. The summed E-state index contributed by atoms with van der Waals surface area (Å²) in [6, 6.07) is 0.326. The highest BCUT2D eigenvalue weighted by molar-refractivity contribution is 5.72. The molecule has 1 heterocycles. The van der Waals surface area contributed by atoms with E-state index in [1.165, 1.54) is 38.5 Å². The van der Waals surface area contributed by atoms with Crippen LogP contribution in [0.5, 0.6) is 0 Å². The zero-order valence-electron chi connectivity index (χ0n) is 15.1. The van der Waals surface area contributed by atoms with Crippen molar-refractivity contribution in [1.82, 2.24) is 4.90 Å². The number of likely N-dealkylation sites (tertiary alicyclic amines) is 1. The van der Waals surface area contributed by atoms with E-state index >= 15 is 0 Å². The number of esters is 1. The normalized spacial score (nSPS) is 25.3. The van der Waals surface area contributed by atoms with Gasteiger partial charge in [0.15, 0.2) is 0 Å². The van der Waals surface area contributed by atoms with Crippen LogP contribution in [0.2, 0.25) is 0 Å². The lowest BCUT2D eigenvalue weighted by molar-refractivity contribution is -0.153. The lowest BCUT2D eigenvalue weighted by Gasteiger charge is -2.36. The zero-order chi connectivity index (χ0) is 16.2. The summed E-state index contributed by atoms with van der Waals surface area (Å²) < 4.78 is 5.76. The predicted octanol–water partition coefficient (Wildman–Crippen LogP) is 4.40. The third kappa shape index (κ3) is 4.24. The van der Waals surface area contributed by atoms with Gasteiger partial charge in [-0.1, -0.05) is 26.2 Å². The van der Waals surface area contributed by atoms with Crippen molar-refractivity contribution < 1.29 is 9.53 Å². The van der Waals surface area contributed by atoms with E-state index in [4.69, 9.17) is 4.74 Å². The number of rotatable bonds is 7. The first-order valence-corrected chi connectivity index (χ1v) is 9.39. The smallest absolute Gasteiger partial charge is 0.309 e. The largest absolute Gasteiger partial charge is 0.464 e. The summed E-state index contributed by atoms with van der Waals surface area (Å²) in [6.07, 6.45) is 9.58. The van der Waals surface area contributed by atoms with Crippen molar-refractivity contribution >= 4 is 5.97 Å². The Morgan fingerprint density at radius 2 is 1.95 bits per heavy atom. The average Bonchev–Trinajstić information content (AvgIpc) is 3.10. The van der Waals surface area contributed by atoms with Crippen LogP contribution in [0.1, 0.15) is 79.1 Å². The Hall–Kier alpha value is -0.570. The molecular weight excluding hydrogens is 274 g/mol. The van der Waals surface area contributed by atoms with Crippen molar-refractivity contribution in [3.8, 4) is 0 Å². The molecule has 2 fully saturated rings. The molecule has 2 unspecified atom stereocenters. The van der Waals surface area contributed by atoms with E-state index in [0.29, 0.717) is 18.6 Å².